The zero-order chi connectivity index (χ0) is 12.3. The second-order valence-electron chi connectivity index (χ2n) is 4.41. The lowest BCUT2D eigenvalue weighted by atomic mass is 9.93. The molecule has 0 saturated carbocycles. The van der Waals surface area contributed by atoms with E-state index in [1.54, 1.807) is 12.1 Å². The standard InChI is InChI=1S/C13H17F3/c1-4-9-5-10(12(15)8-14)7-11(6-9)13(2,3)16/h5-7,12H,4,8H2,1-3H3. The van der Waals surface area contributed by atoms with Crippen LogP contribution >= 0.6 is 0 Å². The normalized spacial score (nSPS) is 13.9. The predicted octanol–water partition coefficient (Wildman–Crippen LogP) is 4.43. The molecule has 16 heavy (non-hydrogen) atoms. The van der Waals surface area contributed by atoms with Crippen molar-refractivity contribution in [3.63, 3.8) is 0 Å². The highest BCUT2D eigenvalue weighted by Crippen LogP contribution is 2.29. The first kappa shape index (κ1) is 13.1. The minimum Gasteiger partial charge on any atom is -0.248 e. The van der Waals surface area contributed by atoms with Crippen LogP contribution in [0.3, 0.4) is 0 Å². The average Bonchev–Trinajstić information content (AvgIpc) is 2.26. The highest BCUT2D eigenvalue weighted by Gasteiger charge is 2.21. The van der Waals surface area contributed by atoms with Gasteiger partial charge in [0.1, 0.15) is 12.3 Å². The lowest BCUT2D eigenvalue weighted by Crippen LogP contribution is -2.11. The Morgan fingerprint density at radius 2 is 1.88 bits per heavy atom. The molecule has 0 radical (unpaired) electrons. The second-order valence-corrected chi connectivity index (χ2v) is 4.41. The number of hydrogen-bond donors (Lipinski definition) is 0. The maximum absolute atomic E-state index is 13.8. The monoisotopic (exact) mass is 230 g/mol. The van der Waals surface area contributed by atoms with E-state index >= 15 is 0 Å². The lowest BCUT2D eigenvalue weighted by molar-refractivity contribution is 0.219. The first-order chi connectivity index (χ1) is 7.38. The molecule has 0 bridgehead atoms. The van der Waals surface area contributed by atoms with Gasteiger partial charge in [-0.25, -0.2) is 13.2 Å². The predicted molar refractivity (Wildman–Crippen MR) is 59.8 cm³/mol. The molecule has 1 atom stereocenters. The highest BCUT2D eigenvalue weighted by molar-refractivity contribution is 5.34. The molecule has 0 fully saturated rings. The zero-order valence-corrected chi connectivity index (χ0v) is 9.86. The summed E-state index contributed by atoms with van der Waals surface area (Å²) in [5, 5.41) is 0. The fraction of sp³-hybridized carbons (Fsp3) is 0.538. The van der Waals surface area contributed by atoms with E-state index in [1.165, 1.54) is 19.9 Å². The summed E-state index contributed by atoms with van der Waals surface area (Å²) in [6, 6.07) is 4.71. The van der Waals surface area contributed by atoms with E-state index in [1.807, 2.05) is 6.92 Å². The smallest absolute Gasteiger partial charge is 0.153 e. The number of hydrogen-bond acceptors (Lipinski definition) is 0. The molecule has 0 heterocycles. The van der Waals surface area contributed by atoms with E-state index in [9.17, 15) is 13.2 Å². The third-order valence-electron chi connectivity index (χ3n) is 2.61. The fourth-order valence-electron chi connectivity index (χ4n) is 1.54. The molecule has 0 saturated heterocycles. The highest BCUT2D eigenvalue weighted by atomic mass is 19.2. The number of alkyl halides is 3. The number of rotatable bonds is 4. The van der Waals surface area contributed by atoms with Crippen molar-refractivity contribution in [2.75, 3.05) is 6.67 Å². The average molecular weight is 230 g/mol. The van der Waals surface area contributed by atoms with Crippen LogP contribution in [0, 0.1) is 0 Å². The Morgan fingerprint density at radius 3 is 2.31 bits per heavy atom. The van der Waals surface area contributed by atoms with Crippen molar-refractivity contribution in [2.45, 2.75) is 39.0 Å². The van der Waals surface area contributed by atoms with Gasteiger partial charge < -0.3 is 0 Å². The van der Waals surface area contributed by atoms with Crippen LogP contribution in [0.5, 0.6) is 0 Å². The van der Waals surface area contributed by atoms with Gasteiger partial charge in [0, 0.05) is 0 Å². The van der Waals surface area contributed by atoms with Crippen LogP contribution in [0.25, 0.3) is 0 Å². The summed E-state index contributed by atoms with van der Waals surface area (Å²) in [4.78, 5) is 0. The van der Waals surface area contributed by atoms with Crippen LogP contribution in [0.1, 0.15) is 43.6 Å². The summed E-state index contributed by atoms with van der Waals surface area (Å²) in [5.74, 6) is 0. The van der Waals surface area contributed by atoms with Gasteiger partial charge in [0.25, 0.3) is 0 Å². The molecular formula is C13H17F3. The SMILES string of the molecule is CCc1cc(C(F)CF)cc(C(C)(C)F)c1. The quantitative estimate of drug-likeness (QED) is 0.717. The van der Waals surface area contributed by atoms with E-state index in [-0.39, 0.29) is 5.56 Å². The third kappa shape index (κ3) is 3.00. The van der Waals surface area contributed by atoms with E-state index in [2.05, 4.69) is 0 Å². The molecule has 0 amide bonds. The Bertz CT molecular complexity index is 353. The Hall–Kier alpha value is -0.990. The van der Waals surface area contributed by atoms with Gasteiger partial charge in [0.05, 0.1) is 0 Å². The molecule has 0 nitrogen and oxygen atoms in total. The third-order valence-corrected chi connectivity index (χ3v) is 2.61. The maximum Gasteiger partial charge on any atom is 0.153 e. The minimum absolute atomic E-state index is 0.225. The molecule has 3 heteroatoms. The molecule has 1 aromatic rings. The topological polar surface area (TPSA) is 0 Å². The fourth-order valence-corrected chi connectivity index (χ4v) is 1.54. The molecule has 0 aromatic heterocycles. The van der Waals surface area contributed by atoms with Crippen LogP contribution in [0.15, 0.2) is 18.2 Å². The van der Waals surface area contributed by atoms with E-state index < -0.39 is 18.5 Å². The van der Waals surface area contributed by atoms with Gasteiger partial charge in [-0.3, -0.25) is 0 Å². The van der Waals surface area contributed by atoms with Crippen molar-refractivity contribution < 1.29 is 13.2 Å². The van der Waals surface area contributed by atoms with Gasteiger partial charge in [-0.15, -0.1) is 0 Å². The van der Waals surface area contributed by atoms with Gasteiger partial charge in [-0.2, -0.15) is 0 Å². The number of halogens is 3. The summed E-state index contributed by atoms with van der Waals surface area (Å²) < 4.78 is 39.3. The van der Waals surface area contributed by atoms with Crippen LogP contribution < -0.4 is 0 Å². The van der Waals surface area contributed by atoms with Gasteiger partial charge in [0.2, 0.25) is 0 Å². The van der Waals surface area contributed by atoms with E-state index in [4.69, 9.17) is 0 Å². The van der Waals surface area contributed by atoms with Crippen molar-refractivity contribution >= 4 is 0 Å². The summed E-state index contributed by atoms with van der Waals surface area (Å²) >= 11 is 0. The van der Waals surface area contributed by atoms with Crippen LogP contribution in [0.4, 0.5) is 13.2 Å². The number of benzene rings is 1. The molecule has 1 aromatic carbocycles. The molecule has 0 spiro atoms. The van der Waals surface area contributed by atoms with Crippen LogP contribution in [0.2, 0.25) is 0 Å². The van der Waals surface area contributed by atoms with Crippen molar-refractivity contribution in [1.29, 1.82) is 0 Å². The largest absolute Gasteiger partial charge is 0.248 e. The molecule has 1 rings (SSSR count). The van der Waals surface area contributed by atoms with Crippen molar-refractivity contribution in [3.05, 3.63) is 34.9 Å². The maximum atomic E-state index is 13.8. The van der Waals surface area contributed by atoms with Crippen molar-refractivity contribution in [1.82, 2.24) is 0 Å². The molecule has 90 valence electrons. The summed E-state index contributed by atoms with van der Waals surface area (Å²) in [6.07, 6.45) is -0.983. The van der Waals surface area contributed by atoms with Crippen molar-refractivity contribution in [2.24, 2.45) is 0 Å². The molecule has 0 N–H and O–H groups in total. The van der Waals surface area contributed by atoms with Gasteiger partial charge in [-0.05, 0) is 43.0 Å². The summed E-state index contributed by atoms with van der Waals surface area (Å²) in [5.41, 5.74) is -0.0782. The Kier molecular flexibility index (Phi) is 4.00. The molecule has 0 aliphatic heterocycles. The van der Waals surface area contributed by atoms with Crippen LogP contribution in [-0.4, -0.2) is 6.67 Å². The molecule has 0 aliphatic carbocycles. The minimum atomic E-state index is -1.66. The first-order valence-corrected chi connectivity index (χ1v) is 5.41. The molecular weight excluding hydrogens is 213 g/mol. The van der Waals surface area contributed by atoms with Gasteiger partial charge in [-0.1, -0.05) is 19.1 Å². The van der Waals surface area contributed by atoms with E-state index in [0.717, 1.165) is 5.56 Å². The second kappa shape index (κ2) is 4.89. The van der Waals surface area contributed by atoms with Crippen LogP contribution in [-0.2, 0) is 12.1 Å². The van der Waals surface area contributed by atoms with E-state index in [0.29, 0.717) is 12.0 Å². The molecule has 1 unspecified atom stereocenters. The Balaban J connectivity index is 3.21. The van der Waals surface area contributed by atoms with Crippen molar-refractivity contribution in [3.8, 4) is 0 Å². The lowest BCUT2D eigenvalue weighted by Gasteiger charge is -2.18. The Labute approximate surface area is 94.5 Å². The molecule has 0 aliphatic rings. The zero-order valence-electron chi connectivity index (χ0n) is 9.86. The van der Waals surface area contributed by atoms with Gasteiger partial charge in [0.15, 0.2) is 6.17 Å². The summed E-state index contributed by atoms with van der Waals surface area (Å²) in [7, 11) is 0. The summed E-state index contributed by atoms with van der Waals surface area (Å²) in [6.45, 7) is 3.65. The first-order valence-electron chi connectivity index (χ1n) is 5.41. The number of aryl methyl sites for hydroxylation is 1. The Morgan fingerprint density at radius 1 is 1.25 bits per heavy atom. The van der Waals surface area contributed by atoms with Gasteiger partial charge >= 0.3 is 0 Å².